The number of nitrogens with zero attached hydrogens (tertiary/aromatic N) is 1. The Morgan fingerprint density at radius 3 is 2.33 bits per heavy atom. The third-order valence-corrected chi connectivity index (χ3v) is 3.65. The smallest absolute Gasteiger partial charge is 0.242 e. The maximum absolute atomic E-state index is 12.4. The molecule has 0 heterocycles. The van der Waals surface area contributed by atoms with E-state index >= 15 is 0 Å². The lowest BCUT2D eigenvalue weighted by molar-refractivity contribution is -0.122. The van der Waals surface area contributed by atoms with Crippen molar-refractivity contribution in [3.8, 4) is 0 Å². The van der Waals surface area contributed by atoms with E-state index in [0.29, 0.717) is 0 Å². The number of carbonyl (C=O) groups is 1. The van der Waals surface area contributed by atoms with E-state index in [0.717, 1.165) is 37.2 Å². The van der Waals surface area contributed by atoms with Crippen LogP contribution in [0.15, 0.2) is 24.3 Å². The van der Waals surface area contributed by atoms with E-state index in [1.165, 1.54) is 0 Å². The van der Waals surface area contributed by atoms with E-state index in [-0.39, 0.29) is 18.0 Å². The quantitative estimate of drug-likeness (QED) is 0.723. The monoisotopic (exact) mass is 291 g/mol. The Kier molecular flexibility index (Phi) is 7.06. The second-order valence-corrected chi connectivity index (χ2v) is 5.66. The zero-order valence-corrected chi connectivity index (χ0v) is 13.7. The van der Waals surface area contributed by atoms with Crippen LogP contribution >= 0.6 is 0 Å². The number of hydrogen-bond acceptors (Lipinski definition) is 3. The van der Waals surface area contributed by atoms with Crippen LogP contribution in [0.5, 0.6) is 0 Å². The second-order valence-electron chi connectivity index (χ2n) is 5.66. The Balaban J connectivity index is 2.79. The molecule has 0 aromatic heterocycles. The van der Waals surface area contributed by atoms with Crippen molar-refractivity contribution in [2.45, 2.75) is 59.0 Å². The molecule has 0 saturated heterocycles. The van der Waals surface area contributed by atoms with E-state index in [4.69, 9.17) is 5.73 Å². The van der Waals surface area contributed by atoms with Gasteiger partial charge in [0, 0.05) is 24.0 Å². The number of rotatable bonds is 8. The fourth-order valence-electron chi connectivity index (χ4n) is 2.46. The van der Waals surface area contributed by atoms with Gasteiger partial charge in [0.2, 0.25) is 5.91 Å². The number of nitrogens with one attached hydrogen (secondary N) is 1. The van der Waals surface area contributed by atoms with Gasteiger partial charge in [-0.2, -0.15) is 0 Å². The lowest BCUT2D eigenvalue weighted by Gasteiger charge is -2.31. The molecular weight excluding hydrogens is 262 g/mol. The molecule has 1 rings (SSSR count). The molecule has 0 aliphatic carbocycles. The minimum Gasteiger partial charge on any atom is -0.399 e. The molecule has 0 spiro atoms. The van der Waals surface area contributed by atoms with Crippen LogP contribution in [-0.2, 0) is 4.79 Å². The largest absolute Gasteiger partial charge is 0.399 e. The molecular formula is C17H29N3O. The molecule has 21 heavy (non-hydrogen) atoms. The summed E-state index contributed by atoms with van der Waals surface area (Å²) in [5, 5.41) is 3.10. The van der Waals surface area contributed by atoms with E-state index in [1.54, 1.807) is 0 Å². The molecule has 0 fully saturated rings. The van der Waals surface area contributed by atoms with Gasteiger partial charge in [-0.1, -0.05) is 20.3 Å². The van der Waals surface area contributed by atoms with Gasteiger partial charge in [0.1, 0.15) is 6.04 Å². The zero-order chi connectivity index (χ0) is 15.8. The van der Waals surface area contributed by atoms with Crippen LogP contribution < -0.4 is 16.0 Å². The molecule has 1 aromatic rings. The van der Waals surface area contributed by atoms with Crippen LogP contribution in [0.1, 0.15) is 47.0 Å². The summed E-state index contributed by atoms with van der Waals surface area (Å²) in [6.45, 7) is 9.11. The Morgan fingerprint density at radius 1 is 1.19 bits per heavy atom. The van der Waals surface area contributed by atoms with Crippen LogP contribution in [0.4, 0.5) is 11.4 Å². The average Bonchev–Trinajstić information content (AvgIpc) is 2.45. The van der Waals surface area contributed by atoms with Gasteiger partial charge in [0.15, 0.2) is 0 Å². The van der Waals surface area contributed by atoms with E-state index in [9.17, 15) is 4.79 Å². The Labute approximate surface area is 128 Å². The molecule has 1 amide bonds. The molecule has 1 aromatic carbocycles. The predicted octanol–water partition coefficient (Wildman–Crippen LogP) is 3.18. The van der Waals surface area contributed by atoms with E-state index in [2.05, 4.69) is 31.0 Å². The highest BCUT2D eigenvalue weighted by Gasteiger charge is 2.22. The number of amides is 1. The third-order valence-electron chi connectivity index (χ3n) is 3.65. The summed E-state index contributed by atoms with van der Waals surface area (Å²) in [7, 11) is 0. The van der Waals surface area contributed by atoms with Crippen LogP contribution in [0, 0.1) is 0 Å². The van der Waals surface area contributed by atoms with Crippen LogP contribution in [0.25, 0.3) is 0 Å². The highest BCUT2D eigenvalue weighted by Crippen LogP contribution is 2.19. The maximum Gasteiger partial charge on any atom is 0.242 e. The fourth-order valence-corrected chi connectivity index (χ4v) is 2.46. The molecule has 0 saturated carbocycles. The molecule has 4 heteroatoms. The van der Waals surface area contributed by atoms with Gasteiger partial charge in [-0.25, -0.2) is 0 Å². The van der Waals surface area contributed by atoms with Gasteiger partial charge >= 0.3 is 0 Å². The summed E-state index contributed by atoms with van der Waals surface area (Å²) in [6.07, 6.45) is 3.08. The Hall–Kier alpha value is -1.71. The summed E-state index contributed by atoms with van der Waals surface area (Å²) in [5.74, 6) is 0.0845. The molecule has 0 radical (unpaired) electrons. The number of nitrogens with two attached hydrogens (primary N) is 1. The van der Waals surface area contributed by atoms with Crippen molar-refractivity contribution in [2.24, 2.45) is 0 Å². The Morgan fingerprint density at radius 2 is 1.81 bits per heavy atom. The minimum absolute atomic E-state index is 0.0845. The molecule has 0 aliphatic rings. The van der Waals surface area contributed by atoms with Crippen LogP contribution in [-0.4, -0.2) is 24.5 Å². The van der Waals surface area contributed by atoms with Crippen LogP contribution in [0.3, 0.4) is 0 Å². The molecule has 3 N–H and O–H groups in total. The molecule has 2 unspecified atom stereocenters. The van der Waals surface area contributed by atoms with Crippen molar-refractivity contribution in [1.29, 1.82) is 0 Å². The van der Waals surface area contributed by atoms with Gasteiger partial charge in [-0.05, 0) is 51.0 Å². The van der Waals surface area contributed by atoms with Crippen molar-refractivity contribution < 1.29 is 4.79 Å². The number of anilines is 2. The van der Waals surface area contributed by atoms with Gasteiger partial charge < -0.3 is 16.0 Å². The number of benzene rings is 1. The first-order valence-corrected chi connectivity index (χ1v) is 7.92. The highest BCUT2D eigenvalue weighted by atomic mass is 16.2. The summed E-state index contributed by atoms with van der Waals surface area (Å²) < 4.78 is 0. The van der Waals surface area contributed by atoms with Gasteiger partial charge in [-0.15, -0.1) is 0 Å². The van der Waals surface area contributed by atoms with Crippen molar-refractivity contribution in [1.82, 2.24) is 5.32 Å². The standard InChI is InChI=1S/C17H29N3O/c1-5-7-13(3)19-17(21)14(4)20(12-6-2)16-10-8-15(18)9-11-16/h8-11,13-14H,5-7,12,18H2,1-4H3,(H,19,21). The number of nitrogen functional groups attached to an aromatic ring is 1. The predicted molar refractivity (Wildman–Crippen MR) is 90.5 cm³/mol. The maximum atomic E-state index is 12.4. The molecule has 0 bridgehead atoms. The second kappa shape index (κ2) is 8.55. The Bertz CT molecular complexity index is 430. The first-order chi connectivity index (χ1) is 9.99. The molecule has 0 aliphatic heterocycles. The summed E-state index contributed by atoms with van der Waals surface area (Å²) >= 11 is 0. The summed E-state index contributed by atoms with van der Waals surface area (Å²) in [6, 6.07) is 7.74. The van der Waals surface area contributed by atoms with Gasteiger partial charge in [-0.3, -0.25) is 4.79 Å². The molecule has 4 nitrogen and oxygen atoms in total. The van der Waals surface area contributed by atoms with Crippen molar-refractivity contribution >= 4 is 17.3 Å². The fraction of sp³-hybridized carbons (Fsp3) is 0.588. The third kappa shape index (κ3) is 5.29. The SMILES string of the molecule is CCCC(C)NC(=O)C(C)N(CCC)c1ccc(N)cc1. The summed E-state index contributed by atoms with van der Waals surface area (Å²) in [4.78, 5) is 14.5. The van der Waals surface area contributed by atoms with Crippen LogP contribution in [0.2, 0.25) is 0 Å². The summed E-state index contributed by atoms with van der Waals surface area (Å²) in [5.41, 5.74) is 7.52. The highest BCUT2D eigenvalue weighted by molar-refractivity contribution is 5.85. The molecule has 2 atom stereocenters. The zero-order valence-electron chi connectivity index (χ0n) is 13.7. The first kappa shape index (κ1) is 17.3. The first-order valence-electron chi connectivity index (χ1n) is 7.92. The minimum atomic E-state index is -0.187. The van der Waals surface area contributed by atoms with Gasteiger partial charge in [0.25, 0.3) is 0 Å². The lowest BCUT2D eigenvalue weighted by Crippen LogP contribution is -2.48. The van der Waals surface area contributed by atoms with E-state index < -0.39 is 0 Å². The lowest BCUT2D eigenvalue weighted by atomic mass is 10.1. The van der Waals surface area contributed by atoms with Crippen molar-refractivity contribution in [2.75, 3.05) is 17.2 Å². The molecule has 118 valence electrons. The number of carbonyl (C=O) groups excluding carboxylic acids is 1. The van der Waals surface area contributed by atoms with Gasteiger partial charge in [0.05, 0.1) is 0 Å². The number of hydrogen-bond donors (Lipinski definition) is 2. The average molecular weight is 291 g/mol. The normalized spacial score (nSPS) is 13.5. The topological polar surface area (TPSA) is 58.4 Å². The van der Waals surface area contributed by atoms with Crippen molar-refractivity contribution in [3.05, 3.63) is 24.3 Å². The van der Waals surface area contributed by atoms with Crippen molar-refractivity contribution in [3.63, 3.8) is 0 Å². The van der Waals surface area contributed by atoms with E-state index in [1.807, 2.05) is 31.2 Å².